The summed E-state index contributed by atoms with van der Waals surface area (Å²) in [4.78, 5) is 0. The highest BCUT2D eigenvalue weighted by Crippen LogP contribution is 2.04. The molecule has 0 spiro atoms. The fraction of sp³-hybridized carbons (Fsp3) is 1.00. The number of nitrogens with one attached hydrogen (secondary N) is 1. The highest BCUT2D eigenvalue weighted by Gasteiger charge is 2.29. The van der Waals surface area contributed by atoms with E-state index in [4.69, 9.17) is 15.9 Å². The average Bonchev–Trinajstić information content (AvgIpc) is 2.43. The molecule has 4 atom stereocenters. The van der Waals surface area contributed by atoms with Crippen molar-refractivity contribution in [1.82, 2.24) is 5.32 Å². The van der Waals surface area contributed by atoms with Gasteiger partial charge in [0.05, 0.1) is 12.7 Å². The molecule has 0 aromatic rings. The van der Waals surface area contributed by atoms with E-state index >= 15 is 0 Å². The summed E-state index contributed by atoms with van der Waals surface area (Å²) in [6.07, 6.45) is -1.63. The number of unbranched alkanes of at least 4 members (excludes halogenated alkanes) is 3. The van der Waals surface area contributed by atoms with E-state index in [-0.39, 0.29) is 6.54 Å². The molecule has 8 N–H and O–H groups in total. The first-order valence-corrected chi connectivity index (χ1v) is 6.78. The van der Waals surface area contributed by atoms with Gasteiger partial charge in [0.25, 0.3) is 0 Å². The number of rotatable bonds is 12. The Morgan fingerprint density at radius 1 is 0.842 bits per heavy atom. The van der Waals surface area contributed by atoms with Gasteiger partial charge in [-0.1, -0.05) is 12.8 Å². The maximum absolute atomic E-state index is 9.59. The lowest BCUT2D eigenvalue weighted by Crippen LogP contribution is -2.49. The third-order valence-corrected chi connectivity index (χ3v) is 2.99. The molecule has 7 heteroatoms. The van der Waals surface area contributed by atoms with Gasteiger partial charge < -0.3 is 36.6 Å². The zero-order chi connectivity index (χ0) is 14.7. The number of hydrogen-bond acceptors (Lipinski definition) is 7. The van der Waals surface area contributed by atoms with Crippen molar-refractivity contribution in [2.24, 2.45) is 5.73 Å². The maximum atomic E-state index is 9.59. The summed E-state index contributed by atoms with van der Waals surface area (Å²) in [5.74, 6) is 0. The van der Waals surface area contributed by atoms with E-state index in [0.717, 1.165) is 25.7 Å². The molecule has 3 unspecified atom stereocenters. The topological polar surface area (TPSA) is 139 Å². The van der Waals surface area contributed by atoms with Crippen LogP contribution in [0.3, 0.4) is 0 Å². The van der Waals surface area contributed by atoms with Crippen molar-refractivity contribution in [2.45, 2.75) is 50.1 Å². The van der Waals surface area contributed by atoms with Gasteiger partial charge in [-0.15, -0.1) is 0 Å². The zero-order valence-electron chi connectivity index (χ0n) is 11.3. The van der Waals surface area contributed by atoms with E-state index in [2.05, 4.69) is 5.32 Å². The molecule has 0 heterocycles. The largest absolute Gasteiger partial charge is 0.394 e. The van der Waals surface area contributed by atoms with Gasteiger partial charge in [0.2, 0.25) is 0 Å². The molecule has 0 aromatic heterocycles. The molecule has 116 valence electrons. The Morgan fingerprint density at radius 2 is 1.42 bits per heavy atom. The van der Waals surface area contributed by atoms with E-state index in [1.807, 2.05) is 0 Å². The minimum atomic E-state index is -1.56. The predicted molar refractivity (Wildman–Crippen MR) is 71.5 cm³/mol. The summed E-state index contributed by atoms with van der Waals surface area (Å²) >= 11 is 0. The Hall–Kier alpha value is -0.280. The minimum Gasteiger partial charge on any atom is -0.394 e. The number of nitrogens with two attached hydrogens (primary N) is 1. The second-order valence-electron chi connectivity index (χ2n) is 4.71. The molecule has 0 aliphatic carbocycles. The third-order valence-electron chi connectivity index (χ3n) is 2.99. The van der Waals surface area contributed by atoms with Crippen molar-refractivity contribution in [1.29, 1.82) is 0 Å². The SMILES string of the molecule is NCCCCCCNCC(O)C(O)[C@H](O)C(O)CO. The molecule has 19 heavy (non-hydrogen) atoms. The van der Waals surface area contributed by atoms with Crippen molar-refractivity contribution in [2.75, 3.05) is 26.2 Å². The molecule has 0 fully saturated rings. The van der Waals surface area contributed by atoms with Gasteiger partial charge in [-0.3, -0.25) is 0 Å². The second kappa shape index (κ2) is 11.5. The summed E-state index contributed by atoms with van der Waals surface area (Å²) in [6, 6.07) is 0. The first-order chi connectivity index (χ1) is 9.04. The smallest absolute Gasteiger partial charge is 0.111 e. The molecule has 0 aromatic carbocycles. The zero-order valence-corrected chi connectivity index (χ0v) is 11.3. The first kappa shape index (κ1) is 18.7. The molecule has 7 nitrogen and oxygen atoms in total. The van der Waals surface area contributed by atoms with Gasteiger partial charge in [-0.25, -0.2) is 0 Å². The molecule has 0 saturated heterocycles. The van der Waals surface area contributed by atoms with Gasteiger partial charge in [0.1, 0.15) is 18.3 Å². The van der Waals surface area contributed by atoms with E-state index in [9.17, 15) is 15.3 Å². The lowest BCUT2D eigenvalue weighted by molar-refractivity contribution is -0.113. The van der Waals surface area contributed by atoms with Crippen LogP contribution in [0.15, 0.2) is 0 Å². The van der Waals surface area contributed by atoms with Crippen molar-refractivity contribution in [3.05, 3.63) is 0 Å². The van der Waals surface area contributed by atoms with Crippen molar-refractivity contribution in [3.8, 4) is 0 Å². The lowest BCUT2D eigenvalue weighted by atomic mass is 10.0. The maximum Gasteiger partial charge on any atom is 0.111 e. The van der Waals surface area contributed by atoms with Crippen LogP contribution in [0.25, 0.3) is 0 Å². The molecule has 0 aliphatic rings. The van der Waals surface area contributed by atoms with Gasteiger partial charge in [0, 0.05) is 6.54 Å². The van der Waals surface area contributed by atoms with Crippen LogP contribution in [0, 0.1) is 0 Å². The summed E-state index contributed by atoms with van der Waals surface area (Å²) < 4.78 is 0. The molecule has 0 saturated carbocycles. The van der Waals surface area contributed by atoms with Crippen LogP contribution in [0.1, 0.15) is 25.7 Å². The normalized spacial score (nSPS) is 18.0. The lowest BCUT2D eigenvalue weighted by Gasteiger charge is -2.25. The fourth-order valence-electron chi connectivity index (χ4n) is 1.68. The van der Waals surface area contributed by atoms with Crippen molar-refractivity contribution < 1.29 is 25.5 Å². The number of aliphatic hydroxyl groups excluding tert-OH is 5. The third kappa shape index (κ3) is 8.48. The Labute approximate surface area is 114 Å². The van der Waals surface area contributed by atoms with Crippen LogP contribution in [0.5, 0.6) is 0 Å². The number of aliphatic hydroxyl groups is 5. The Balaban J connectivity index is 3.64. The van der Waals surface area contributed by atoms with Crippen molar-refractivity contribution in [3.63, 3.8) is 0 Å². The molecule has 0 rings (SSSR count). The van der Waals surface area contributed by atoms with Crippen molar-refractivity contribution >= 4 is 0 Å². The minimum absolute atomic E-state index is 0.118. The molecule has 0 amide bonds. The van der Waals surface area contributed by atoms with Crippen LogP contribution < -0.4 is 11.1 Å². The number of hydrogen-bond donors (Lipinski definition) is 7. The highest BCUT2D eigenvalue weighted by molar-refractivity contribution is 4.81. The van der Waals surface area contributed by atoms with Crippen LogP contribution in [-0.2, 0) is 0 Å². The van der Waals surface area contributed by atoms with Crippen LogP contribution in [-0.4, -0.2) is 76.2 Å². The average molecular weight is 280 g/mol. The molecular weight excluding hydrogens is 252 g/mol. The van der Waals surface area contributed by atoms with E-state index < -0.39 is 31.0 Å². The summed E-state index contributed by atoms with van der Waals surface area (Å²) in [6.45, 7) is 0.850. The van der Waals surface area contributed by atoms with E-state index in [0.29, 0.717) is 13.1 Å². The summed E-state index contributed by atoms with van der Waals surface area (Å²) in [7, 11) is 0. The highest BCUT2D eigenvalue weighted by atomic mass is 16.4. The van der Waals surface area contributed by atoms with Gasteiger partial charge in [0.15, 0.2) is 0 Å². The summed E-state index contributed by atoms with van der Waals surface area (Å²) in [5.41, 5.74) is 5.37. The first-order valence-electron chi connectivity index (χ1n) is 6.78. The predicted octanol–water partition coefficient (Wildman–Crippen LogP) is -2.47. The quantitative estimate of drug-likeness (QED) is 0.197. The van der Waals surface area contributed by atoms with E-state index in [1.54, 1.807) is 0 Å². The summed E-state index contributed by atoms with van der Waals surface area (Å²) in [5, 5.41) is 49.2. The van der Waals surface area contributed by atoms with Gasteiger partial charge in [-0.05, 0) is 25.9 Å². The van der Waals surface area contributed by atoms with Gasteiger partial charge in [-0.2, -0.15) is 0 Å². The van der Waals surface area contributed by atoms with Gasteiger partial charge >= 0.3 is 0 Å². The molecule has 0 radical (unpaired) electrons. The second-order valence-corrected chi connectivity index (χ2v) is 4.71. The monoisotopic (exact) mass is 280 g/mol. The molecule has 0 aliphatic heterocycles. The molecule has 0 bridgehead atoms. The molecular formula is C12H28N2O5. The van der Waals surface area contributed by atoms with E-state index in [1.165, 1.54) is 0 Å². The van der Waals surface area contributed by atoms with Crippen LogP contribution in [0.4, 0.5) is 0 Å². The van der Waals surface area contributed by atoms with Crippen LogP contribution >= 0.6 is 0 Å². The Morgan fingerprint density at radius 3 is 2.00 bits per heavy atom. The Bertz CT molecular complexity index is 209. The van der Waals surface area contributed by atoms with Crippen LogP contribution in [0.2, 0.25) is 0 Å². The standard InChI is InChI=1S/C12H28N2O5/c13-5-3-1-2-4-6-14-7-9(16)11(18)12(19)10(17)8-15/h9-12,14-19H,1-8,13H2/t9?,10?,11?,12-/m1/s1. The fourth-order valence-corrected chi connectivity index (χ4v) is 1.68. The Kier molecular flexibility index (Phi) is 11.4.